The summed E-state index contributed by atoms with van der Waals surface area (Å²) in [7, 11) is 0. The number of amides is 1. The molecule has 1 saturated heterocycles. The van der Waals surface area contributed by atoms with Gasteiger partial charge in [0.05, 0.1) is 5.56 Å². The highest BCUT2D eigenvalue weighted by Crippen LogP contribution is 2.33. The van der Waals surface area contributed by atoms with Crippen LogP contribution < -0.4 is 5.56 Å². The van der Waals surface area contributed by atoms with Crippen molar-refractivity contribution in [1.29, 1.82) is 0 Å². The number of benzene rings is 1. The van der Waals surface area contributed by atoms with Gasteiger partial charge in [0.15, 0.2) is 0 Å². The summed E-state index contributed by atoms with van der Waals surface area (Å²) in [6, 6.07) is 12.2. The van der Waals surface area contributed by atoms with Gasteiger partial charge in [0.2, 0.25) is 17.3 Å². The molecule has 0 unspecified atom stereocenters. The van der Waals surface area contributed by atoms with Crippen LogP contribution in [0.25, 0.3) is 11.4 Å². The molecule has 25 heavy (non-hydrogen) atoms. The largest absolute Gasteiger partial charge is 0.337 e. The first-order valence-electron chi connectivity index (χ1n) is 8.11. The third-order valence-corrected chi connectivity index (χ3v) is 4.30. The van der Waals surface area contributed by atoms with Crippen LogP contribution >= 0.6 is 0 Å². The molecule has 7 heteroatoms. The van der Waals surface area contributed by atoms with Crippen LogP contribution in [0.3, 0.4) is 0 Å². The van der Waals surface area contributed by atoms with Crippen molar-refractivity contribution in [2.75, 3.05) is 6.54 Å². The van der Waals surface area contributed by atoms with E-state index in [1.165, 1.54) is 18.3 Å². The number of carbonyl (C=O) groups is 1. The average molecular weight is 336 g/mol. The minimum absolute atomic E-state index is 0.154. The first-order valence-corrected chi connectivity index (χ1v) is 8.11. The quantitative estimate of drug-likeness (QED) is 0.793. The highest BCUT2D eigenvalue weighted by atomic mass is 16.5. The number of hydrogen-bond acceptors (Lipinski definition) is 5. The van der Waals surface area contributed by atoms with Gasteiger partial charge in [-0.3, -0.25) is 9.59 Å². The minimum atomic E-state index is -0.246. The van der Waals surface area contributed by atoms with E-state index >= 15 is 0 Å². The Hall–Kier alpha value is -3.22. The molecule has 7 nitrogen and oxygen atoms in total. The Labute approximate surface area is 143 Å². The lowest BCUT2D eigenvalue weighted by atomic mass is 10.2. The summed E-state index contributed by atoms with van der Waals surface area (Å²) in [5, 5.41) is 4.04. The second-order valence-corrected chi connectivity index (χ2v) is 5.92. The number of aromatic amines is 1. The highest BCUT2D eigenvalue weighted by Gasteiger charge is 2.34. The molecular weight excluding hydrogens is 320 g/mol. The predicted octanol–water partition coefficient (Wildman–Crippen LogP) is 2.40. The van der Waals surface area contributed by atoms with Gasteiger partial charge < -0.3 is 14.4 Å². The van der Waals surface area contributed by atoms with E-state index in [1.807, 2.05) is 30.3 Å². The van der Waals surface area contributed by atoms with Gasteiger partial charge in [0.1, 0.15) is 6.04 Å². The number of likely N-dealkylation sites (tertiary alicyclic amines) is 1. The fraction of sp³-hybridized carbons (Fsp3) is 0.222. The summed E-state index contributed by atoms with van der Waals surface area (Å²) in [4.78, 5) is 32.6. The van der Waals surface area contributed by atoms with Crippen LogP contribution in [0.15, 0.2) is 58.0 Å². The summed E-state index contributed by atoms with van der Waals surface area (Å²) in [5.41, 5.74) is 1.07. The monoisotopic (exact) mass is 336 g/mol. The van der Waals surface area contributed by atoms with E-state index in [0.717, 1.165) is 18.4 Å². The van der Waals surface area contributed by atoms with Gasteiger partial charge >= 0.3 is 0 Å². The number of nitrogens with one attached hydrogen (secondary N) is 1. The number of aromatic nitrogens is 3. The minimum Gasteiger partial charge on any atom is -0.337 e. The zero-order valence-electron chi connectivity index (χ0n) is 13.4. The first kappa shape index (κ1) is 15.3. The van der Waals surface area contributed by atoms with Crippen LogP contribution in [-0.4, -0.2) is 32.5 Å². The second kappa shape index (κ2) is 6.35. The maximum absolute atomic E-state index is 12.7. The number of hydrogen-bond donors (Lipinski definition) is 1. The number of rotatable bonds is 3. The molecule has 3 aromatic rings. The fourth-order valence-corrected chi connectivity index (χ4v) is 3.05. The molecule has 2 aromatic heterocycles. The van der Waals surface area contributed by atoms with Gasteiger partial charge in [-0.05, 0) is 18.9 Å². The average Bonchev–Trinajstić information content (AvgIpc) is 3.32. The van der Waals surface area contributed by atoms with Crippen LogP contribution in [0.5, 0.6) is 0 Å². The van der Waals surface area contributed by atoms with Crippen molar-refractivity contribution in [2.45, 2.75) is 18.9 Å². The molecule has 0 radical (unpaired) electrons. The lowest BCUT2D eigenvalue weighted by Gasteiger charge is -2.21. The molecule has 126 valence electrons. The predicted molar refractivity (Wildman–Crippen MR) is 89.8 cm³/mol. The van der Waals surface area contributed by atoms with Gasteiger partial charge in [0, 0.05) is 24.4 Å². The van der Waals surface area contributed by atoms with E-state index in [2.05, 4.69) is 15.1 Å². The Morgan fingerprint density at radius 3 is 2.80 bits per heavy atom. The summed E-state index contributed by atoms with van der Waals surface area (Å²) in [6.07, 6.45) is 3.07. The smallest absolute Gasteiger partial charge is 0.256 e. The maximum atomic E-state index is 12.7. The van der Waals surface area contributed by atoms with E-state index in [0.29, 0.717) is 23.8 Å². The molecule has 1 aliphatic rings. The molecule has 1 atom stereocenters. The standard InChI is InChI=1S/C18H16N4O3/c23-15-9-8-13(11-19-15)18(24)22-10-4-7-14(22)17-20-16(21-25-17)12-5-2-1-3-6-12/h1-3,5-6,8-9,11,14H,4,7,10H2,(H,19,23)/t14-/m1/s1. The molecule has 0 spiro atoms. The normalized spacial score (nSPS) is 17.0. The van der Waals surface area contributed by atoms with E-state index in [1.54, 1.807) is 4.90 Å². The lowest BCUT2D eigenvalue weighted by Crippen LogP contribution is -2.31. The van der Waals surface area contributed by atoms with Crippen LogP contribution in [0.1, 0.15) is 35.1 Å². The van der Waals surface area contributed by atoms with Gasteiger partial charge in [0.25, 0.3) is 5.91 Å². The van der Waals surface area contributed by atoms with Gasteiger partial charge in [-0.25, -0.2) is 0 Å². The number of pyridine rings is 1. The third kappa shape index (κ3) is 2.96. The summed E-state index contributed by atoms with van der Waals surface area (Å²) < 4.78 is 5.43. The van der Waals surface area contributed by atoms with Gasteiger partial charge in [-0.2, -0.15) is 4.98 Å². The molecule has 4 rings (SSSR count). The SMILES string of the molecule is O=C(c1ccc(=O)[nH]c1)N1CCC[C@@H]1c1nc(-c2ccccc2)no1. The molecule has 1 amide bonds. The van der Waals surface area contributed by atoms with E-state index < -0.39 is 0 Å². The zero-order chi connectivity index (χ0) is 17.2. The van der Waals surface area contributed by atoms with Crippen molar-refractivity contribution < 1.29 is 9.32 Å². The molecule has 3 heterocycles. The number of nitrogens with zero attached hydrogens (tertiary/aromatic N) is 3. The topological polar surface area (TPSA) is 92.1 Å². The Kier molecular flexibility index (Phi) is 3.89. The summed E-state index contributed by atoms with van der Waals surface area (Å²) in [5.74, 6) is 0.797. The fourth-order valence-electron chi connectivity index (χ4n) is 3.05. The molecule has 0 aliphatic carbocycles. The van der Waals surface area contributed by atoms with Crippen LogP contribution in [-0.2, 0) is 0 Å². The Balaban J connectivity index is 1.59. The van der Waals surface area contributed by atoms with Crippen molar-refractivity contribution in [3.8, 4) is 11.4 Å². The summed E-state index contributed by atoms with van der Waals surface area (Å²) >= 11 is 0. The van der Waals surface area contributed by atoms with Crippen LogP contribution in [0, 0.1) is 0 Å². The van der Waals surface area contributed by atoms with Crippen LogP contribution in [0.4, 0.5) is 0 Å². The Bertz CT molecular complexity index is 928. The number of H-pyrrole nitrogens is 1. The second-order valence-electron chi connectivity index (χ2n) is 5.92. The molecule has 1 aliphatic heterocycles. The van der Waals surface area contributed by atoms with E-state index in [9.17, 15) is 9.59 Å². The van der Waals surface area contributed by atoms with Crippen molar-refractivity contribution in [2.24, 2.45) is 0 Å². The molecular formula is C18H16N4O3. The van der Waals surface area contributed by atoms with Crippen LogP contribution in [0.2, 0.25) is 0 Å². The molecule has 1 N–H and O–H groups in total. The van der Waals surface area contributed by atoms with Crippen molar-refractivity contribution in [1.82, 2.24) is 20.0 Å². The van der Waals surface area contributed by atoms with E-state index in [-0.39, 0.29) is 17.5 Å². The summed E-state index contributed by atoms with van der Waals surface area (Å²) in [6.45, 7) is 0.617. The van der Waals surface area contributed by atoms with E-state index in [4.69, 9.17) is 4.52 Å². The number of carbonyl (C=O) groups excluding carboxylic acids is 1. The highest BCUT2D eigenvalue weighted by molar-refractivity contribution is 5.94. The molecule has 0 bridgehead atoms. The Morgan fingerprint density at radius 1 is 1.20 bits per heavy atom. The van der Waals surface area contributed by atoms with Crippen molar-refractivity contribution in [3.05, 3.63) is 70.5 Å². The molecule has 1 aromatic carbocycles. The molecule has 1 fully saturated rings. The lowest BCUT2D eigenvalue weighted by molar-refractivity contribution is 0.0709. The molecule has 0 saturated carbocycles. The maximum Gasteiger partial charge on any atom is 0.256 e. The van der Waals surface area contributed by atoms with Crippen molar-refractivity contribution >= 4 is 5.91 Å². The first-order chi connectivity index (χ1) is 12.2. The van der Waals surface area contributed by atoms with Gasteiger partial charge in [-0.1, -0.05) is 35.5 Å². The van der Waals surface area contributed by atoms with Gasteiger partial charge in [-0.15, -0.1) is 0 Å². The third-order valence-electron chi connectivity index (χ3n) is 4.30. The van der Waals surface area contributed by atoms with Crippen molar-refractivity contribution in [3.63, 3.8) is 0 Å². The Morgan fingerprint density at radius 2 is 2.04 bits per heavy atom. The zero-order valence-corrected chi connectivity index (χ0v) is 13.4.